The molecule has 3 N–H and O–H groups in total. The number of anilines is 3. The van der Waals surface area contributed by atoms with Gasteiger partial charge in [-0.3, -0.25) is 0 Å². The van der Waals surface area contributed by atoms with E-state index in [1.165, 1.54) is 10.1 Å². The molecular weight excluding hydrogens is 470 g/mol. The number of hydrogen-bond donors (Lipinski definition) is 2. The number of thiophene rings is 1. The Balaban J connectivity index is 0.000000252. The molecule has 0 fully saturated rings. The van der Waals surface area contributed by atoms with Crippen LogP contribution in [0.15, 0.2) is 97.2 Å². The van der Waals surface area contributed by atoms with Gasteiger partial charge in [-0.05, 0) is 53.9 Å². The molecule has 0 radical (unpaired) electrons. The van der Waals surface area contributed by atoms with Gasteiger partial charge in [0.15, 0.2) is 11.5 Å². The van der Waals surface area contributed by atoms with Crippen LogP contribution in [0.5, 0.6) is 11.5 Å². The van der Waals surface area contributed by atoms with Crippen LogP contribution >= 0.6 is 11.3 Å². The summed E-state index contributed by atoms with van der Waals surface area (Å²) in [5.74, 6) is 2.35. The van der Waals surface area contributed by atoms with Gasteiger partial charge < -0.3 is 20.5 Å². The van der Waals surface area contributed by atoms with Gasteiger partial charge in [0.25, 0.3) is 0 Å². The average molecular weight is 496 g/mol. The summed E-state index contributed by atoms with van der Waals surface area (Å²) in [5, 5.41) is 9.31. The van der Waals surface area contributed by atoms with Crippen LogP contribution in [0.2, 0.25) is 0 Å². The van der Waals surface area contributed by atoms with E-state index in [0.717, 1.165) is 44.9 Å². The average Bonchev–Trinajstić information content (AvgIpc) is 3.53. The minimum Gasteiger partial charge on any atom is -0.497 e. The number of methoxy groups -OCH3 is 2. The minimum absolute atomic E-state index is 0.731. The lowest BCUT2D eigenvalue weighted by atomic mass is 10.2. The fourth-order valence-electron chi connectivity index (χ4n) is 3.71. The van der Waals surface area contributed by atoms with Crippen LogP contribution in [0.25, 0.3) is 26.3 Å². The van der Waals surface area contributed by atoms with Gasteiger partial charge in [-0.1, -0.05) is 30.3 Å². The molecule has 0 saturated heterocycles. The van der Waals surface area contributed by atoms with E-state index in [1.54, 1.807) is 31.6 Å². The number of nitrogens with two attached hydrogens (primary N) is 1. The zero-order chi connectivity index (χ0) is 24.9. The van der Waals surface area contributed by atoms with Crippen LogP contribution in [0.1, 0.15) is 0 Å². The number of rotatable bonds is 5. The molecule has 0 atom stereocenters. The largest absolute Gasteiger partial charge is 0.497 e. The van der Waals surface area contributed by atoms with Crippen molar-refractivity contribution in [1.29, 1.82) is 0 Å². The molecule has 0 unspecified atom stereocenters. The minimum atomic E-state index is 0.731. The number of benzene rings is 3. The molecule has 7 nitrogen and oxygen atoms in total. The van der Waals surface area contributed by atoms with Crippen molar-refractivity contribution in [3.63, 3.8) is 0 Å². The van der Waals surface area contributed by atoms with Gasteiger partial charge in [-0.25, -0.2) is 9.50 Å². The smallest absolute Gasteiger partial charge is 0.154 e. The molecule has 3 aromatic heterocycles. The van der Waals surface area contributed by atoms with E-state index >= 15 is 0 Å². The zero-order valence-electron chi connectivity index (χ0n) is 19.9. The molecule has 8 heteroatoms. The fraction of sp³-hybridized carbons (Fsp3) is 0.0714. The lowest BCUT2D eigenvalue weighted by Crippen LogP contribution is -2.00. The van der Waals surface area contributed by atoms with Gasteiger partial charge in [0, 0.05) is 28.2 Å². The third-order valence-corrected chi connectivity index (χ3v) is 6.61. The van der Waals surface area contributed by atoms with Gasteiger partial charge in [-0.15, -0.1) is 16.4 Å². The zero-order valence-corrected chi connectivity index (χ0v) is 20.7. The Morgan fingerprint density at radius 3 is 2.36 bits per heavy atom. The Labute approximate surface area is 212 Å². The Bertz CT molecular complexity index is 1590. The highest BCUT2D eigenvalue weighted by Gasteiger charge is 2.11. The molecule has 0 aliphatic carbocycles. The molecule has 6 rings (SSSR count). The van der Waals surface area contributed by atoms with Crippen LogP contribution < -0.4 is 20.5 Å². The number of nitrogens with one attached hydrogen (secondary N) is 1. The number of fused-ring (bicyclic) bond motifs is 2. The first-order valence-corrected chi connectivity index (χ1v) is 12.1. The third kappa shape index (κ3) is 5.08. The van der Waals surface area contributed by atoms with E-state index < -0.39 is 0 Å². The summed E-state index contributed by atoms with van der Waals surface area (Å²) >= 11 is 1.75. The normalized spacial score (nSPS) is 10.6. The summed E-state index contributed by atoms with van der Waals surface area (Å²) < 4.78 is 13.3. The Kier molecular flexibility index (Phi) is 6.68. The first-order valence-electron chi connectivity index (χ1n) is 11.3. The molecule has 0 aliphatic rings. The topological polar surface area (TPSA) is 86.7 Å². The fourth-order valence-corrected chi connectivity index (χ4v) is 4.76. The summed E-state index contributed by atoms with van der Waals surface area (Å²) in [6, 6.07) is 29.5. The van der Waals surface area contributed by atoms with Crippen molar-refractivity contribution in [2.75, 3.05) is 25.3 Å². The molecule has 36 heavy (non-hydrogen) atoms. The van der Waals surface area contributed by atoms with Gasteiger partial charge >= 0.3 is 0 Å². The lowest BCUT2D eigenvalue weighted by Gasteiger charge is -2.08. The maximum atomic E-state index is 5.45. The second-order valence-corrected chi connectivity index (χ2v) is 9.00. The standard InChI is InChI=1S/C21H16N4OS.C7H9NO/c1-26-16-7-4-6-15(12-16)23-20-9-10-21-22-13-17(25(21)24-20)19-11-14-5-2-3-8-18(14)27-19;1-9-7-4-2-3-6(8)5-7/h2-13H,1H3,(H,23,24);2-5H,8H2,1H3. The molecule has 0 spiro atoms. The third-order valence-electron chi connectivity index (χ3n) is 5.48. The maximum absolute atomic E-state index is 5.45. The van der Waals surface area contributed by atoms with Crippen molar-refractivity contribution in [3.05, 3.63) is 97.2 Å². The Morgan fingerprint density at radius 1 is 0.833 bits per heavy atom. The highest BCUT2D eigenvalue weighted by atomic mass is 32.1. The number of hydrogen-bond acceptors (Lipinski definition) is 7. The van der Waals surface area contributed by atoms with Crippen molar-refractivity contribution < 1.29 is 9.47 Å². The van der Waals surface area contributed by atoms with E-state index in [2.05, 4.69) is 40.6 Å². The first kappa shape index (κ1) is 23.2. The lowest BCUT2D eigenvalue weighted by molar-refractivity contribution is 0.415. The molecule has 3 aromatic carbocycles. The van der Waals surface area contributed by atoms with Crippen molar-refractivity contribution >= 4 is 44.3 Å². The number of ether oxygens (including phenoxy) is 2. The van der Waals surface area contributed by atoms with Gasteiger partial charge in [0.05, 0.1) is 25.3 Å². The molecule has 3 heterocycles. The Morgan fingerprint density at radius 2 is 1.61 bits per heavy atom. The van der Waals surface area contributed by atoms with Gasteiger partial charge in [0.1, 0.15) is 17.2 Å². The highest BCUT2D eigenvalue weighted by Crippen LogP contribution is 2.33. The molecule has 0 bridgehead atoms. The van der Waals surface area contributed by atoms with Crippen molar-refractivity contribution in [1.82, 2.24) is 14.6 Å². The Hall–Kier alpha value is -4.56. The van der Waals surface area contributed by atoms with E-state index in [9.17, 15) is 0 Å². The first-order chi connectivity index (χ1) is 17.6. The van der Waals surface area contributed by atoms with Crippen LogP contribution in [-0.4, -0.2) is 28.8 Å². The van der Waals surface area contributed by atoms with Crippen LogP contribution in [-0.2, 0) is 0 Å². The predicted octanol–water partition coefficient (Wildman–Crippen LogP) is 6.64. The number of nitrogen functional groups attached to an aromatic ring is 1. The monoisotopic (exact) mass is 495 g/mol. The van der Waals surface area contributed by atoms with E-state index in [1.807, 2.05) is 65.3 Å². The van der Waals surface area contributed by atoms with E-state index in [-0.39, 0.29) is 0 Å². The summed E-state index contributed by atoms with van der Waals surface area (Å²) in [4.78, 5) is 5.65. The molecule has 180 valence electrons. The number of nitrogens with zero attached hydrogens (tertiary/aromatic N) is 3. The molecule has 0 amide bonds. The van der Waals surface area contributed by atoms with Crippen molar-refractivity contribution in [2.24, 2.45) is 0 Å². The number of aromatic nitrogens is 3. The second-order valence-electron chi connectivity index (χ2n) is 7.91. The van der Waals surface area contributed by atoms with E-state index in [0.29, 0.717) is 0 Å². The summed E-state index contributed by atoms with van der Waals surface area (Å²) in [7, 11) is 3.28. The summed E-state index contributed by atoms with van der Waals surface area (Å²) in [6.07, 6.45) is 1.88. The molecular formula is C28H25N5O2S. The second kappa shape index (κ2) is 10.4. The highest BCUT2D eigenvalue weighted by molar-refractivity contribution is 7.22. The molecule has 0 aliphatic heterocycles. The van der Waals surface area contributed by atoms with Crippen LogP contribution in [0.4, 0.5) is 17.2 Å². The van der Waals surface area contributed by atoms with Crippen molar-refractivity contribution in [2.45, 2.75) is 0 Å². The molecule has 6 aromatic rings. The summed E-state index contributed by atoms with van der Waals surface area (Å²) in [6.45, 7) is 0. The number of imidazole rings is 1. The van der Waals surface area contributed by atoms with Gasteiger partial charge in [0.2, 0.25) is 0 Å². The van der Waals surface area contributed by atoms with E-state index in [4.69, 9.17) is 20.3 Å². The molecule has 0 saturated carbocycles. The van der Waals surface area contributed by atoms with Crippen LogP contribution in [0.3, 0.4) is 0 Å². The summed E-state index contributed by atoms with van der Waals surface area (Å²) in [5.41, 5.74) is 8.91. The van der Waals surface area contributed by atoms with Crippen LogP contribution in [0, 0.1) is 0 Å². The van der Waals surface area contributed by atoms with Gasteiger partial charge in [-0.2, -0.15) is 0 Å². The maximum Gasteiger partial charge on any atom is 0.154 e. The SMILES string of the molecule is COc1cccc(N)c1.COc1cccc(Nc2ccc3ncc(-c4cc5ccccc5s4)n3n2)c1. The van der Waals surface area contributed by atoms with Crippen molar-refractivity contribution in [3.8, 4) is 22.1 Å². The quantitative estimate of drug-likeness (QED) is 0.261. The predicted molar refractivity (Wildman–Crippen MR) is 147 cm³/mol.